The third kappa shape index (κ3) is 4.56. The predicted octanol–water partition coefficient (Wildman–Crippen LogP) is 1.55. The molecule has 12 heteroatoms. The molecule has 9 nitrogen and oxygen atoms in total. The van der Waals surface area contributed by atoms with E-state index >= 15 is 0 Å². The summed E-state index contributed by atoms with van der Waals surface area (Å²) in [5.74, 6) is -0.314. The summed E-state index contributed by atoms with van der Waals surface area (Å²) in [6.07, 6.45) is -3.67. The smallest absolute Gasteiger partial charge is 0.345 e. The van der Waals surface area contributed by atoms with Crippen LogP contribution in [0, 0.1) is 0 Å². The average molecular weight is 397 g/mol. The normalized spacial score (nSPS) is 16.9. The van der Waals surface area contributed by atoms with Gasteiger partial charge in [-0.2, -0.15) is 13.2 Å². The molecule has 2 N–H and O–H groups in total. The lowest BCUT2D eigenvalue weighted by Gasteiger charge is -2.24. The monoisotopic (exact) mass is 397 g/mol. The van der Waals surface area contributed by atoms with Crippen molar-refractivity contribution in [1.82, 2.24) is 30.4 Å². The van der Waals surface area contributed by atoms with Crippen molar-refractivity contribution >= 4 is 17.6 Å². The Balaban J connectivity index is 1.67. The summed E-state index contributed by atoms with van der Waals surface area (Å²) in [6, 6.07) is 5.30. The van der Waals surface area contributed by atoms with Gasteiger partial charge in [0.25, 0.3) is 0 Å². The van der Waals surface area contributed by atoms with Gasteiger partial charge in [-0.3, -0.25) is 4.79 Å². The number of rotatable bonds is 4. The number of alkyl halides is 3. The molecule has 0 bridgehead atoms. The van der Waals surface area contributed by atoms with Gasteiger partial charge < -0.3 is 15.5 Å². The number of nitrogens with zero attached hydrogens (tertiary/aromatic N) is 5. The van der Waals surface area contributed by atoms with Crippen molar-refractivity contribution < 1.29 is 22.8 Å². The molecule has 3 amide bonds. The topological polar surface area (TPSA) is 105 Å². The number of halogens is 3. The highest BCUT2D eigenvalue weighted by Gasteiger charge is 2.36. The molecule has 1 unspecified atom stereocenters. The quantitative estimate of drug-likeness (QED) is 0.815. The van der Waals surface area contributed by atoms with E-state index in [1.807, 2.05) is 5.32 Å². The van der Waals surface area contributed by atoms with Crippen molar-refractivity contribution in [2.75, 3.05) is 18.4 Å². The van der Waals surface area contributed by atoms with Gasteiger partial charge in [-0.1, -0.05) is 12.1 Å². The van der Waals surface area contributed by atoms with Crippen LogP contribution in [-0.2, 0) is 11.8 Å². The second-order valence-electron chi connectivity index (χ2n) is 6.32. The minimum absolute atomic E-state index is 0.281. The Morgan fingerprint density at radius 3 is 2.79 bits per heavy atom. The van der Waals surface area contributed by atoms with E-state index in [-0.39, 0.29) is 6.54 Å². The summed E-state index contributed by atoms with van der Waals surface area (Å²) in [6.45, 7) is -1.14. The van der Waals surface area contributed by atoms with Crippen LogP contribution < -0.4 is 10.6 Å². The molecular formula is C16H18F3N7O2. The summed E-state index contributed by atoms with van der Waals surface area (Å²) in [7, 11) is 1.68. The van der Waals surface area contributed by atoms with Gasteiger partial charge in [-0.25, -0.2) is 9.48 Å². The highest BCUT2D eigenvalue weighted by molar-refractivity contribution is 5.94. The molecule has 2 aromatic rings. The first-order valence-electron chi connectivity index (χ1n) is 8.49. The first-order chi connectivity index (χ1) is 13.2. The lowest BCUT2D eigenvalue weighted by Crippen LogP contribution is -2.49. The maximum Gasteiger partial charge on any atom is 0.405 e. The van der Waals surface area contributed by atoms with E-state index in [0.29, 0.717) is 29.9 Å². The maximum absolute atomic E-state index is 12.6. The third-order valence-corrected chi connectivity index (χ3v) is 4.27. The second kappa shape index (κ2) is 7.82. The standard InChI is InChI=1S/C16H18F3N7O2/c1-25-13(22-23-24-25)10-4-2-5-11(8-10)21-15(28)26-7-3-6-12(26)14(27)20-9-16(17,18)19/h2,4-5,8,12H,3,6-7,9H2,1H3,(H,20,27)(H,21,28). The van der Waals surface area contributed by atoms with Gasteiger partial charge >= 0.3 is 12.2 Å². The molecule has 0 saturated carbocycles. The Morgan fingerprint density at radius 2 is 2.11 bits per heavy atom. The van der Waals surface area contributed by atoms with Crippen molar-refractivity contribution in [3.8, 4) is 11.4 Å². The van der Waals surface area contributed by atoms with E-state index in [2.05, 4.69) is 20.8 Å². The van der Waals surface area contributed by atoms with Crippen LogP contribution in [0.1, 0.15) is 12.8 Å². The molecule has 150 valence electrons. The zero-order valence-electron chi connectivity index (χ0n) is 14.9. The molecule has 2 heterocycles. The molecule has 1 aromatic heterocycles. The SMILES string of the molecule is Cn1nnnc1-c1cccc(NC(=O)N2CCCC2C(=O)NCC(F)(F)F)c1. The fourth-order valence-corrected chi connectivity index (χ4v) is 2.99. The van der Waals surface area contributed by atoms with Crippen LogP contribution in [0.4, 0.5) is 23.7 Å². The molecule has 1 aliphatic heterocycles. The number of amides is 3. The first-order valence-corrected chi connectivity index (χ1v) is 8.49. The first kappa shape index (κ1) is 19.6. The fraction of sp³-hybridized carbons (Fsp3) is 0.438. The van der Waals surface area contributed by atoms with Crippen molar-refractivity contribution in [2.24, 2.45) is 7.05 Å². The number of tetrazole rings is 1. The number of carbonyl (C=O) groups is 2. The van der Waals surface area contributed by atoms with Crippen LogP contribution in [-0.4, -0.2) is 62.4 Å². The van der Waals surface area contributed by atoms with Crippen molar-refractivity contribution in [3.63, 3.8) is 0 Å². The number of hydrogen-bond donors (Lipinski definition) is 2. The van der Waals surface area contributed by atoms with E-state index < -0.39 is 30.7 Å². The predicted molar refractivity (Wildman–Crippen MR) is 92.0 cm³/mol. The summed E-state index contributed by atoms with van der Waals surface area (Å²) >= 11 is 0. The van der Waals surface area contributed by atoms with E-state index in [9.17, 15) is 22.8 Å². The Hall–Kier alpha value is -3.18. The number of urea groups is 1. The summed E-state index contributed by atoms with van der Waals surface area (Å²) in [5, 5.41) is 15.7. The summed E-state index contributed by atoms with van der Waals surface area (Å²) in [4.78, 5) is 25.8. The van der Waals surface area contributed by atoms with Crippen LogP contribution in [0.3, 0.4) is 0 Å². The second-order valence-corrected chi connectivity index (χ2v) is 6.32. The molecule has 1 fully saturated rings. The molecule has 1 aliphatic rings. The molecule has 1 atom stereocenters. The molecule has 3 rings (SSSR count). The minimum atomic E-state index is -4.50. The van der Waals surface area contributed by atoms with E-state index in [0.717, 1.165) is 0 Å². The summed E-state index contributed by atoms with van der Waals surface area (Å²) in [5.41, 5.74) is 1.12. The van der Waals surface area contributed by atoms with Gasteiger partial charge in [-0.15, -0.1) is 5.10 Å². The lowest BCUT2D eigenvalue weighted by atomic mass is 10.2. The van der Waals surface area contributed by atoms with Gasteiger partial charge in [0.1, 0.15) is 12.6 Å². The molecule has 0 aliphatic carbocycles. The number of aryl methyl sites for hydroxylation is 1. The van der Waals surface area contributed by atoms with Crippen molar-refractivity contribution in [1.29, 1.82) is 0 Å². The largest absolute Gasteiger partial charge is 0.405 e. The van der Waals surface area contributed by atoms with Crippen LogP contribution in [0.2, 0.25) is 0 Å². The van der Waals surface area contributed by atoms with Gasteiger partial charge in [0.2, 0.25) is 5.91 Å². The number of benzene rings is 1. The van der Waals surface area contributed by atoms with Crippen LogP contribution in [0.15, 0.2) is 24.3 Å². The molecule has 1 aromatic carbocycles. The summed E-state index contributed by atoms with van der Waals surface area (Å²) < 4.78 is 38.4. The maximum atomic E-state index is 12.6. The van der Waals surface area contributed by atoms with Gasteiger partial charge in [0.15, 0.2) is 5.82 Å². The Kier molecular flexibility index (Phi) is 5.47. The van der Waals surface area contributed by atoms with Crippen molar-refractivity contribution in [3.05, 3.63) is 24.3 Å². The number of aromatic nitrogens is 4. The molecule has 0 radical (unpaired) electrons. The van der Waals surface area contributed by atoms with E-state index in [4.69, 9.17) is 0 Å². The minimum Gasteiger partial charge on any atom is -0.345 e. The average Bonchev–Trinajstić information content (AvgIpc) is 3.28. The lowest BCUT2D eigenvalue weighted by molar-refractivity contribution is -0.140. The highest BCUT2D eigenvalue weighted by Crippen LogP contribution is 2.23. The van der Waals surface area contributed by atoms with Gasteiger partial charge in [-0.05, 0) is 35.4 Å². The van der Waals surface area contributed by atoms with Crippen molar-refractivity contribution in [2.45, 2.75) is 25.1 Å². The third-order valence-electron chi connectivity index (χ3n) is 4.27. The van der Waals surface area contributed by atoms with Crippen LogP contribution in [0.5, 0.6) is 0 Å². The number of anilines is 1. The van der Waals surface area contributed by atoms with Gasteiger partial charge in [0, 0.05) is 24.8 Å². The van der Waals surface area contributed by atoms with Crippen LogP contribution in [0.25, 0.3) is 11.4 Å². The van der Waals surface area contributed by atoms with Gasteiger partial charge in [0.05, 0.1) is 0 Å². The Bertz CT molecular complexity index is 868. The molecule has 28 heavy (non-hydrogen) atoms. The molecule has 0 spiro atoms. The van der Waals surface area contributed by atoms with Crippen LogP contribution >= 0.6 is 0 Å². The Morgan fingerprint density at radius 1 is 1.32 bits per heavy atom. The highest BCUT2D eigenvalue weighted by atomic mass is 19.4. The molecular weight excluding hydrogens is 379 g/mol. The fourth-order valence-electron chi connectivity index (χ4n) is 2.99. The number of hydrogen-bond acceptors (Lipinski definition) is 5. The van der Waals surface area contributed by atoms with E-state index in [1.54, 1.807) is 31.3 Å². The zero-order chi connectivity index (χ0) is 20.3. The molecule has 1 saturated heterocycles. The Labute approximate surface area is 157 Å². The number of nitrogens with one attached hydrogen (secondary N) is 2. The zero-order valence-corrected chi connectivity index (χ0v) is 14.9. The number of likely N-dealkylation sites (tertiary alicyclic amines) is 1. The van der Waals surface area contributed by atoms with E-state index in [1.165, 1.54) is 9.58 Å². The number of carbonyl (C=O) groups excluding carboxylic acids is 2.